The number of nitrogens with one attached hydrogen (secondary N) is 2. The van der Waals surface area contributed by atoms with Crippen LogP contribution in [0.2, 0.25) is 0 Å². The number of nitrogens with two attached hydrogens (primary N) is 1. The van der Waals surface area contributed by atoms with Crippen molar-refractivity contribution in [1.29, 1.82) is 0 Å². The molecule has 0 atom stereocenters. The number of rotatable bonds is 7. The van der Waals surface area contributed by atoms with Crippen LogP contribution in [0.15, 0.2) is 35.8 Å². The SMILES string of the molecule is C=CCNC(=O)CN=C(N)Nc1c(CC)cccc1CC.I. The van der Waals surface area contributed by atoms with E-state index in [1.165, 1.54) is 11.1 Å². The van der Waals surface area contributed by atoms with Crippen molar-refractivity contribution in [3.63, 3.8) is 0 Å². The molecule has 0 saturated carbocycles. The maximum Gasteiger partial charge on any atom is 0.242 e. The molecule has 4 N–H and O–H groups in total. The molecule has 1 aromatic carbocycles. The zero-order chi connectivity index (χ0) is 15.7. The number of hydrogen-bond donors (Lipinski definition) is 3. The number of carbonyl (C=O) groups excluding carboxylic acids is 1. The van der Waals surface area contributed by atoms with Crippen molar-refractivity contribution >= 4 is 41.5 Å². The number of hydrogen-bond acceptors (Lipinski definition) is 2. The van der Waals surface area contributed by atoms with Crippen LogP contribution in [0.25, 0.3) is 0 Å². The highest BCUT2D eigenvalue weighted by molar-refractivity contribution is 14.0. The van der Waals surface area contributed by atoms with E-state index in [0.29, 0.717) is 6.54 Å². The van der Waals surface area contributed by atoms with Gasteiger partial charge in [-0.05, 0) is 24.0 Å². The Balaban J connectivity index is 0.00000441. The second-order valence-electron chi connectivity index (χ2n) is 4.58. The van der Waals surface area contributed by atoms with Crippen LogP contribution in [-0.4, -0.2) is 25.0 Å². The number of guanidine groups is 1. The van der Waals surface area contributed by atoms with Gasteiger partial charge in [0.2, 0.25) is 5.91 Å². The van der Waals surface area contributed by atoms with Gasteiger partial charge >= 0.3 is 0 Å². The molecule has 0 saturated heterocycles. The van der Waals surface area contributed by atoms with E-state index in [2.05, 4.69) is 48.2 Å². The molecule has 1 rings (SSSR count). The Bertz CT molecular complexity index is 507. The average Bonchev–Trinajstić information content (AvgIpc) is 2.51. The third-order valence-corrected chi connectivity index (χ3v) is 3.09. The maximum atomic E-state index is 11.5. The molecule has 0 aliphatic heterocycles. The fourth-order valence-corrected chi connectivity index (χ4v) is 1.97. The van der Waals surface area contributed by atoms with Crippen molar-refractivity contribution in [3.8, 4) is 0 Å². The predicted molar refractivity (Wildman–Crippen MR) is 104 cm³/mol. The molecule has 1 aromatic rings. The quantitative estimate of drug-likeness (QED) is 0.277. The summed E-state index contributed by atoms with van der Waals surface area (Å²) in [6.45, 7) is 8.15. The summed E-state index contributed by atoms with van der Waals surface area (Å²) >= 11 is 0. The summed E-state index contributed by atoms with van der Waals surface area (Å²) in [5.41, 5.74) is 9.23. The highest BCUT2D eigenvalue weighted by Crippen LogP contribution is 2.22. The number of halogens is 1. The second-order valence-corrected chi connectivity index (χ2v) is 4.58. The summed E-state index contributed by atoms with van der Waals surface area (Å²) in [5, 5.41) is 5.77. The monoisotopic (exact) mass is 416 g/mol. The summed E-state index contributed by atoms with van der Waals surface area (Å²) in [6, 6.07) is 6.16. The number of benzene rings is 1. The molecule has 0 aliphatic carbocycles. The Morgan fingerprint density at radius 3 is 2.41 bits per heavy atom. The van der Waals surface area contributed by atoms with Gasteiger partial charge in [0.05, 0.1) is 0 Å². The molecular weight excluding hydrogens is 391 g/mol. The van der Waals surface area contributed by atoms with E-state index < -0.39 is 0 Å². The minimum atomic E-state index is -0.181. The lowest BCUT2D eigenvalue weighted by Crippen LogP contribution is -2.29. The van der Waals surface area contributed by atoms with Crippen LogP contribution in [-0.2, 0) is 17.6 Å². The summed E-state index contributed by atoms with van der Waals surface area (Å²) in [6.07, 6.45) is 3.43. The van der Waals surface area contributed by atoms with Gasteiger partial charge in [-0.1, -0.05) is 38.1 Å². The Labute approximate surface area is 149 Å². The lowest BCUT2D eigenvalue weighted by Gasteiger charge is -2.14. The molecule has 0 spiro atoms. The van der Waals surface area contributed by atoms with E-state index in [0.717, 1.165) is 18.5 Å². The first-order valence-electron chi connectivity index (χ1n) is 7.17. The first kappa shape index (κ1) is 20.4. The van der Waals surface area contributed by atoms with E-state index >= 15 is 0 Å². The Morgan fingerprint density at radius 2 is 1.91 bits per heavy atom. The van der Waals surface area contributed by atoms with E-state index in [4.69, 9.17) is 5.73 Å². The van der Waals surface area contributed by atoms with Gasteiger partial charge in [-0.25, -0.2) is 4.99 Å². The molecule has 0 radical (unpaired) electrons. The van der Waals surface area contributed by atoms with Gasteiger partial charge in [0, 0.05) is 12.2 Å². The predicted octanol–water partition coefficient (Wildman–Crippen LogP) is 2.46. The standard InChI is InChI=1S/C16H24N4O.HI/c1-4-10-18-14(21)11-19-16(17)20-15-12(5-2)8-7-9-13(15)6-3;/h4,7-9H,1,5-6,10-11H2,2-3H3,(H,18,21)(H3,17,19,20);1H. The fraction of sp³-hybridized carbons (Fsp3) is 0.375. The van der Waals surface area contributed by atoms with E-state index in [1.54, 1.807) is 6.08 Å². The van der Waals surface area contributed by atoms with Crippen molar-refractivity contribution < 1.29 is 4.79 Å². The van der Waals surface area contributed by atoms with Crippen LogP contribution < -0.4 is 16.4 Å². The van der Waals surface area contributed by atoms with E-state index in [1.807, 2.05) is 6.07 Å². The number of carbonyl (C=O) groups is 1. The number of para-hydroxylation sites is 1. The molecule has 0 aliphatic rings. The normalized spacial score (nSPS) is 10.5. The molecule has 0 heterocycles. The minimum absolute atomic E-state index is 0. The lowest BCUT2D eigenvalue weighted by molar-refractivity contribution is -0.119. The first-order chi connectivity index (χ1) is 10.1. The van der Waals surface area contributed by atoms with Crippen LogP contribution in [0.5, 0.6) is 0 Å². The van der Waals surface area contributed by atoms with Gasteiger partial charge in [-0.2, -0.15) is 0 Å². The molecule has 5 nitrogen and oxygen atoms in total. The van der Waals surface area contributed by atoms with Crippen molar-refractivity contribution in [2.75, 3.05) is 18.4 Å². The summed E-state index contributed by atoms with van der Waals surface area (Å²) in [5.74, 6) is 0.0681. The van der Waals surface area contributed by atoms with Crippen molar-refractivity contribution in [1.82, 2.24) is 5.32 Å². The number of aryl methyl sites for hydroxylation is 2. The zero-order valence-corrected chi connectivity index (χ0v) is 15.5. The van der Waals surface area contributed by atoms with Gasteiger partial charge in [0.25, 0.3) is 0 Å². The molecule has 22 heavy (non-hydrogen) atoms. The lowest BCUT2D eigenvalue weighted by atomic mass is 10.0. The summed E-state index contributed by atoms with van der Waals surface area (Å²) in [7, 11) is 0. The van der Waals surface area contributed by atoms with Crippen LogP contribution in [0.1, 0.15) is 25.0 Å². The Hall–Kier alpha value is -1.57. The highest BCUT2D eigenvalue weighted by Gasteiger charge is 2.07. The highest BCUT2D eigenvalue weighted by atomic mass is 127. The molecule has 122 valence electrons. The van der Waals surface area contributed by atoms with Gasteiger partial charge < -0.3 is 16.4 Å². The average molecular weight is 416 g/mol. The maximum absolute atomic E-state index is 11.5. The fourth-order valence-electron chi connectivity index (χ4n) is 1.97. The van der Waals surface area contributed by atoms with Gasteiger partial charge in [0.15, 0.2) is 5.96 Å². The number of nitrogens with zero attached hydrogens (tertiary/aromatic N) is 1. The zero-order valence-electron chi connectivity index (χ0n) is 13.2. The number of anilines is 1. The molecule has 1 amide bonds. The van der Waals surface area contributed by atoms with Crippen LogP contribution in [0, 0.1) is 0 Å². The van der Waals surface area contributed by atoms with Gasteiger partial charge in [-0.3, -0.25) is 4.79 Å². The van der Waals surface area contributed by atoms with E-state index in [-0.39, 0.29) is 42.4 Å². The van der Waals surface area contributed by atoms with Crippen molar-refractivity contribution in [2.24, 2.45) is 10.7 Å². The third kappa shape index (κ3) is 6.46. The second kappa shape index (κ2) is 11.1. The Morgan fingerprint density at radius 1 is 1.32 bits per heavy atom. The van der Waals surface area contributed by atoms with Gasteiger partial charge in [-0.15, -0.1) is 30.6 Å². The summed E-state index contributed by atoms with van der Waals surface area (Å²) in [4.78, 5) is 15.5. The molecule has 6 heteroatoms. The number of amides is 1. The largest absolute Gasteiger partial charge is 0.370 e. The Kier molecular flexibility index (Phi) is 10.3. The molecular formula is C16H25IN4O. The van der Waals surface area contributed by atoms with E-state index in [9.17, 15) is 4.79 Å². The van der Waals surface area contributed by atoms with Crippen molar-refractivity contribution in [2.45, 2.75) is 26.7 Å². The van der Waals surface area contributed by atoms with Gasteiger partial charge in [0.1, 0.15) is 6.54 Å². The molecule has 0 unspecified atom stereocenters. The van der Waals surface area contributed by atoms with Crippen LogP contribution in [0.4, 0.5) is 5.69 Å². The van der Waals surface area contributed by atoms with Crippen molar-refractivity contribution in [3.05, 3.63) is 42.0 Å². The topological polar surface area (TPSA) is 79.5 Å². The smallest absolute Gasteiger partial charge is 0.242 e. The third-order valence-electron chi connectivity index (χ3n) is 3.09. The van der Waals surface area contributed by atoms with Crippen LogP contribution >= 0.6 is 24.0 Å². The molecule has 0 fully saturated rings. The minimum Gasteiger partial charge on any atom is -0.370 e. The molecule has 0 bridgehead atoms. The summed E-state index contributed by atoms with van der Waals surface area (Å²) < 4.78 is 0. The first-order valence-corrected chi connectivity index (χ1v) is 7.17. The van der Waals surface area contributed by atoms with Crippen LogP contribution in [0.3, 0.4) is 0 Å². The molecule has 0 aromatic heterocycles. The number of aliphatic imine (C=N–C) groups is 1.